The molecule has 0 spiro atoms. The van der Waals surface area contributed by atoms with Crippen molar-refractivity contribution >= 4 is 27.6 Å². The predicted molar refractivity (Wildman–Crippen MR) is 138 cm³/mol. The van der Waals surface area contributed by atoms with Gasteiger partial charge >= 0.3 is 5.97 Å². The van der Waals surface area contributed by atoms with Gasteiger partial charge < -0.3 is 19.1 Å². The summed E-state index contributed by atoms with van der Waals surface area (Å²) < 4.78 is 49.1. The molecule has 0 aliphatic carbocycles. The quantitative estimate of drug-likeness (QED) is 0.530. The number of ether oxygens (including phenoxy) is 1. The molecule has 2 aliphatic rings. The normalized spacial score (nSPS) is 19.2. The smallest absolute Gasteiger partial charge is 0.341 e. The molecule has 9 nitrogen and oxygen atoms in total. The van der Waals surface area contributed by atoms with Crippen LogP contribution in [-0.4, -0.2) is 79.9 Å². The number of carbonyl (C=O) groups excluding carboxylic acids is 2. The van der Waals surface area contributed by atoms with Crippen LogP contribution in [0.4, 0.5) is 10.1 Å². The van der Waals surface area contributed by atoms with Crippen LogP contribution in [-0.2, 0) is 26.6 Å². The first-order valence-corrected chi connectivity index (χ1v) is 14.1. The number of esters is 1. The molecule has 2 aliphatic heterocycles. The van der Waals surface area contributed by atoms with E-state index in [1.165, 1.54) is 16.4 Å². The molecular weight excluding hydrogens is 499 g/mol. The highest BCUT2D eigenvalue weighted by Crippen LogP contribution is 2.32. The fourth-order valence-electron chi connectivity index (χ4n) is 5.26. The lowest BCUT2D eigenvalue weighted by molar-refractivity contribution is -0.137. The molecule has 1 aromatic carbocycles. The Morgan fingerprint density at radius 3 is 2.30 bits per heavy atom. The van der Waals surface area contributed by atoms with E-state index in [0.29, 0.717) is 57.0 Å². The van der Waals surface area contributed by atoms with E-state index in [4.69, 9.17) is 4.74 Å². The van der Waals surface area contributed by atoms with Gasteiger partial charge in [-0.3, -0.25) is 4.79 Å². The Balaban J connectivity index is 1.48. The van der Waals surface area contributed by atoms with Crippen LogP contribution in [0.3, 0.4) is 0 Å². The fourth-order valence-corrected chi connectivity index (χ4v) is 7.27. The van der Waals surface area contributed by atoms with Gasteiger partial charge in [0, 0.05) is 63.4 Å². The van der Waals surface area contributed by atoms with Gasteiger partial charge in [-0.15, -0.1) is 0 Å². The van der Waals surface area contributed by atoms with Crippen molar-refractivity contribution in [2.75, 3.05) is 50.8 Å². The van der Waals surface area contributed by atoms with Crippen molar-refractivity contribution in [1.29, 1.82) is 0 Å². The van der Waals surface area contributed by atoms with Gasteiger partial charge in [0.2, 0.25) is 15.9 Å². The van der Waals surface area contributed by atoms with E-state index >= 15 is 0 Å². The molecule has 0 bridgehead atoms. The second-order valence-corrected chi connectivity index (χ2v) is 11.5. The van der Waals surface area contributed by atoms with E-state index in [1.54, 1.807) is 49.4 Å². The Morgan fingerprint density at radius 1 is 1.03 bits per heavy atom. The van der Waals surface area contributed by atoms with Crippen molar-refractivity contribution in [3.05, 3.63) is 47.0 Å². The van der Waals surface area contributed by atoms with Crippen LogP contribution in [0.2, 0.25) is 0 Å². The number of piperidine rings is 1. The highest BCUT2D eigenvalue weighted by atomic mass is 32.2. The Bertz CT molecular complexity index is 1270. The third kappa shape index (κ3) is 5.24. The summed E-state index contributed by atoms with van der Waals surface area (Å²) in [4.78, 5) is 30.0. The topological polar surface area (TPSA) is 92.2 Å². The number of hydrogen-bond donors (Lipinski definition) is 0. The SMILES string of the molecule is CCOC(=O)c1c(S(=O)(=O)N2CCC[C@@H](C(=O)N3CCN(c4ccc(F)cc4)CC3)C2)c(C)n(C)c1C. The van der Waals surface area contributed by atoms with Crippen molar-refractivity contribution in [2.24, 2.45) is 13.0 Å². The third-order valence-electron chi connectivity index (χ3n) is 7.52. The summed E-state index contributed by atoms with van der Waals surface area (Å²) in [7, 11) is -2.31. The number of benzene rings is 1. The average molecular weight is 535 g/mol. The van der Waals surface area contributed by atoms with Gasteiger partial charge in [-0.25, -0.2) is 17.6 Å². The minimum Gasteiger partial charge on any atom is -0.462 e. The number of nitrogens with zero attached hydrogens (tertiary/aromatic N) is 4. The van der Waals surface area contributed by atoms with Crippen LogP contribution in [0.25, 0.3) is 0 Å². The van der Waals surface area contributed by atoms with Gasteiger partial charge in [-0.2, -0.15) is 4.31 Å². The summed E-state index contributed by atoms with van der Waals surface area (Å²) in [6.45, 7) is 7.84. The van der Waals surface area contributed by atoms with E-state index in [-0.39, 0.29) is 35.3 Å². The molecule has 202 valence electrons. The average Bonchev–Trinajstić information content (AvgIpc) is 3.13. The number of amides is 1. The van der Waals surface area contributed by atoms with Gasteiger partial charge in [0.05, 0.1) is 12.5 Å². The van der Waals surface area contributed by atoms with E-state index in [0.717, 1.165) is 5.69 Å². The Morgan fingerprint density at radius 2 is 1.68 bits per heavy atom. The summed E-state index contributed by atoms with van der Waals surface area (Å²) >= 11 is 0. The van der Waals surface area contributed by atoms with Crippen LogP contribution in [0.15, 0.2) is 29.2 Å². The van der Waals surface area contributed by atoms with Crippen LogP contribution < -0.4 is 4.90 Å². The highest BCUT2D eigenvalue weighted by Gasteiger charge is 2.40. The monoisotopic (exact) mass is 534 g/mol. The number of carbonyl (C=O) groups is 2. The molecule has 4 rings (SSSR count). The second-order valence-electron chi connectivity index (χ2n) is 9.65. The zero-order chi connectivity index (χ0) is 26.9. The predicted octanol–water partition coefficient (Wildman–Crippen LogP) is 2.71. The van der Waals surface area contributed by atoms with Crippen LogP contribution in [0.1, 0.15) is 41.5 Å². The number of hydrogen-bond acceptors (Lipinski definition) is 6. The molecule has 0 N–H and O–H groups in total. The van der Waals surface area contributed by atoms with Crippen LogP contribution in [0, 0.1) is 25.6 Å². The standard InChI is InChI=1S/C26H35FN4O5S/c1-5-36-26(33)23-18(2)28(4)19(3)24(23)37(34,35)31-12-6-7-20(17-31)25(32)30-15-13-29(14-16-30)22-10-8-21(27)9-11-22/h8-11,20H,5-7,12-17H2,1-4H3/t20-/m1/s1. The highest BCUT2D eigenvalue weighted by molar-refractivity contribution is 7.89. The zero-order valence-corrected chi connectivity index (χ0v) is 22.7. The van der Waals surface area contributed by atoms with Crippen molar-refractivity contribution in [3.63, 3.8) is 0 Å². The summed E-state index contributed by atoms with van der Waals surface area (Å²) in [6.07, 6.45) is 1.17. The molecule has 11 heteroatoms. The van der Waals surface area contributed by atoms with E-state index in [9.17, 15) is 22.4 Å². The molecule has 37 heavy (non-hydrogen) atoms. The molecule has 3 heterocycles. The van der Waals surface area contributed by atoms with Crippen LogP contribution >= 0.6 is 0 Å². The number of halogens is 1. The van der Waals surface area contributed by atoms with E-state index in [2.05, 4.69) is 4.90 Å². The summed E-state index contributed by atoms with van der Waals surface area (Å²) in [5, 5.41) is 0. The first-order chi connectivity index (χ1) is 17.6. The molecule has 0 saturated carbocycles. The number of piperazine rings is 1. The first-order valence-electron chi connectivity index (χ1n) is 12.7. The van der Waals surface area contributed by atoms with Crippen LogP contribution in [0.5, 0.6) is 0 Å². The number of sulfonamides is 1. The summed E-state index contributed by atoms with van der Waals surface area (Å²) in [6, 6.07) is 6.31. The minimum atomic E-state index is -4.03. The maximum atomic E-state index is 13.8. The Kier molecular flexibility index (Phi) is 7.94. The number of anilines is 1. The van der Waals surface area contributed by atoms with Crippen molar-refractivity contribution in [1.82, 2.24) is 13.8 Å². The number of aromatic nitrogens is 1. The second kappa shape index (κ2) is 10.8. The zero-order valence-electron chi connectivity index (χ0n) is 21.9. The first kappa shape index (κ1) is 27.1. The maximum absolute atomic E-state index is 13.8. The number of rotatable bonds is 6. The largest absolute Gasteiger partial charge is 0.462 e. The van der Waals surface area contributed by atoms with Gasteiger partial charge in [0.15, 0.2) is 0 Å². The molecule has 1 atom stereocenters. The minimum absolute atomic E-state index is 0.0352. The molecule has 1 amide bonds. The molecule has 2 saturated heterocycles. The van der Waals surface area contributed by atoms with Gasteiger partial charge in [0.25, 0.3) is 0 Å². The van der Waals surface area contributed by atoms with Crippen molar-refractivity contribution < 1.29 is 27.1 Å². The molecule has 0 radical (unpaired) electrons. The van der Waals surface area contributed by atoms with Gasteiger partial charge in [-0.1, -0.05) is 0 Å². The van der Waals surface area contributed by atoms with Crippen molar-refractivity contribution in [2.45, 2.75) is 38.5 Å². The molecule has 2 aromatic rings. The maximum Gasteiger partial charge on any atom is 0.341 e. The fraction of sp³-hybridized carbons (Fsp3) is 0.538. The van der Waals surface area contributed by atoms with E-state index in [1.807, 2.05) is 0 Å². The van der Waals surface area contributed by atoms with Crippen molar-refractivity contribution in [3.8, 4) is 0 Å². The molecule has 1 aromatic heterocycles. The lowest BCUT2D eigenvalue weighted by atomic mass is 9.97. The lowest BCUT2D eigenvalue weighted by Gasteiger charge is -2.39. The molecule has 2 fully saturated rings. The van der Waals surface area contributed by atoms with Gasteiger partial charge in [0.1, 0.15) is 16.3 Å². The molecular formula is C26H35FN4O5S. The van der Waals surface area contributed by atoms with E-state index < -0.39 is 21.9 Å². The Labute approximate surface area is 217 Å². The summed E-state index contributed by atoms with van der Waals surface area (Å²) in [5.41, 5.74) is 1.96. The third-order valence-corrected chi connectivity index (χ3v) is 9.54. The summed E-state index contributed by atoms with van der Waals surface area (Å²) in [5.74, 6) is -1.45. The van der Waals surface area contributed by atoms with Gasteiger partial charge in [-0.05, 0) is 57.9 Å². The lowest BCUT2D eigenvalue weighted by Crippen LogP contribution is -2.53. The molecule has 0 unspecified atom stereocenters. The Hall–Kier alpha value is -2.92.